The quantitative estimate of drug-likeness (QED) is 0.644. The molecule has 3 heterocycles. The van der Waals surface area contributed by atoms with Gasteiger partial charge in [-0.25, -0.2) is 4.98 Å². The zero-order chi connectivity index (χ0) is 20.3. The van der Waals surface area contributed by atoms with Crippen molar-refractivity contribution in [1.29, 1.82) is 0 Å². The van der Waals surface area contributed by atoms with Crippen molar-refractivity contribution in [3.63, 3.8) is 0 Å². The van der Waals surface area contributed by atoms with Crippen LogP contribution in [0.5, 0.6) is 0 Å². The van der Waals surface area contributed by atoms with Gasteiger partial charge in [-0.15, -0.1) is 0 Å². The van der Waals surface area contributed by atoms with Gasteiger partial charge in [0.25, 0.3) is 5.56 Å². The Kier molecular flexibility index (Phi) is 5.88. The van der Waals surface area contributed by atoms with Crippen molar-refractivity contribution in [2.24, 2.45) is 0 Å². The molecule has 2 aromatic heterocycles. The van der Waals surface area contributed by atoms with E-state index >= 15 is 0 Å². The summed E-state index contributed by atoms with van der Waals surface area (Å²) < 4.78 is 6.72. The van der Waals surface area contributed by atoms with Gasteiger partial charge in [0.1, 0.15) is 5.82 Å². The summed E-state index contributed by atoms with van der Waals surface area (Å²) in [4.78, 5) is 43.3. The summed E-state index contributed by atoms with van der Waals surface area (Å²) in [6.45, 7) is 6.53. The van der Waals surface area contributed by atoms with E-state index in [1.54, 1.807) is 13.0 Å². The van der Waals surface area contributed by atoms with Crippen LogP contribution >= 0.6 is 0 Å². The Morgan fingerprint density at radius 3 is 2.82 bits per heavy atom. The normalized spacial score (nSPS) is 16.4. The van der Waals surface area contributed by atoms with E-state index in [2.05, 4.69) is 25.7 Å². The second kappa shape index (κ2) is 8.34. The van der Waals surface area contributed by atoms with E-state index in [9.17, 15) is 14.4 Å². The van der Waals surface area contributed by atoms with Gasteiger partial charge in [0.2, 0.25) is 5.95 Å². The summed E-state index contributed by atoms with van der Waals surface area (Å²) in [6, 6.07) is 3.01. The summed E-state index contributed by atoms with van der Waals surface area (Å²) in [5.41, 5.74) is 0.861. The summed E-state index contributed by atoms with van der Waals surface area (Å²) in [5, 5.41) is 9.35. The number of nitrogens with zero attached hydrogens (tertiary/aromatic N) is 3. The van der Waals surface area contributed by atoms with Crippen LogP contribution in [0.25, 0.3) is 5.95 Å². The van der Waals surface area contributed by atoms with Crippen LogP contribution in [-0.4, -0.2) is 50.8 Å². The van der Waals surface area contributed by atoms with Crippen LogP contribution < -0.4 is 16.2 Å². The van der Waals surface area contributed by atoms with Gasteiger partial charge >= 0.3 is 11.8 Å². The molecule has 1 aliphatic rings. The summed E-state index contributed by atoms with van der Waals surface area (Å²) >= 11 is 0. The molecular formula is C18H24N6O4. The van der Waals surface area contributed by atoms with Gasteiger partial charge in [-0.05, 0) is 25.7 Å². The number of hydrogen-bond donors (Lipinski definition) is 3. The van der Waals surface area contributed by atoms with Gasteiger partial charge in [0.05, 0.1) is 17.5 Å². The molecule has 1 fully saturated rings. The van der Waals surface area contributed by atoms with Gasteiger partial charge in [-0.3, -0.25) is 19.4 Å². The van der Waals surface area contributed by atoms with E-state index in [4.69, 9.17) is 4.74 Å². The average Bonchev–Trinajstić information content (AvgIpc) is 3.28. The maximum Gasteiger partial charge on any atom is 0.314 e. The maximum absolute atomic E-state index is 12.3. The minimum absolute atomic E-state index is 0.0411. The molecule has 1 unspecified atom stereocenters. The average molecular weight is 388 g/mol. The van der Waals surface area contributed by atoms with E-state index in [1.807, 2.05) is 13.8 Å². The molecule has 0 aromatic carbocycles. The number of ether oxygens (including phenoxy) is 1. The number of H-pyrrole nitrogens is 1. The molecule has 1 saturated heterocycles. The molecule has 0 aliphatic carbocycles. The highest BCUT2D eigenvalue weighted by molar-refractivity contribution is 6.39. The Labute approximate surface area is 161 Å². The highest BCUT2D eigenvalue weighted by Gasteiger charge is 2.21. The maximum atomic E-state index is 12.3. The molecular weight excluding hydrogens is 364 g/mol. The Bertz CT molecular complexity index is 926. The molecule has 1 atom stereocenters. The van der Waals surface area contributed by atoms with E-state index in [1.165, 1.54) is 10.7 Å². The molecule has 10 heteroatoms. The standard InChI is InChI=1S/C18H24N6O4/c1-10(2)13-8-15(25)22-18(20-13)24-14(7-11(3)23-24)21-17(27)16(26)19-9-12-5-4-6-28-12/h7-8,10,12H,4-6,9H2,1-3H3,(H,19,26)(H,21,27)(H,20,22,25). The SMILES string of the molecule is Cc1cc(NC(=O)C(=O)NCC2CCCO2)n(-c2nc(C(C)C)cc(=O)[nH]2)n1. The number of carbonyl (C=O) groups excluding carboxylic acids is 2. The fourth-order valence-corrected chi connectivity index (χ4v) is 2.87. The fourth-order valence-electron chi connectivity index (χ4n) is 2.87. The topological polar surface area (TPSA) is 131 Å². The van der Waals surface area contributed by atoms with E-state index in [-0.39, 0.29) is 35.9 Å². The smallest absolute Gasteiger partial charge is 0.314 e. The molecule has 0 saturated carbocycles. The monoisotopic (exact) mass is 388 g/mol. The van der Waals surface area contributed by atoms with Crippen LogP contribution in [0.3, 0.4) is 0 Å². The predicted octanol–water partition coefficient (Wildman–Crippen LogP) is 0.621. The largest absolute Gasteiger partial charge is 0.376 e. The molecule has 2 amide bonds. The molecule has 0 radical (unpaired) electrons. The minimum Gasteiger partial charge on any atom is -0.376 e. The van der Waals surface area contributed by atoms with Crippen molar-refractivity contribution >= 4 is 17.6 Å². The van der Waals surface area contributed by atoms with Gasteiger partial charge in [0.15, 0.2) is 0 Å². The zero-order valence-electron chi connectivity index (χ0n) is 16.1. The van der Waals surface area contributed by atoms with Crippen molar-refractivity contribution in [3.05, 3.63) is 33.9 Å². The Hall–Kier alpha value is -3.01. The Morgan fingerprint density at radius 2 is 2.14 bits per heavy atom. The van der Waals surface area contributed by atoms with Crippen LogP contribution in [-0.2, 0) is 14.3 Å². The lowest BCUT2D eigenvalue weighted by atomic mass is 10.1. The first kappa shape index (κ1) is 19.7. The number of aromatic amines is 1. The Morgan fingerprint density at radius 1 is 1.36 bits per heavy atom. The third-order valence-electron chi connectivity index (χ3n) is 4.33. The number of carbonyl (C=O) groups is 2. The zero-order valence-corrected chi connectivity index (χ0v) is 16.1. The highest BCUT2D eigenvalue weighted by Crippen LogP contribution is 2.16. The lowest BCUT2D eigenvalue weighted by Gasteiger charge is -2.12. The van der Waals surface area contributed by atoms with Crippen molar-refractivity contribution < 1.29 is 14.3 Å². The number of aryl methyl sites for hydroxylation is 1. The first-order chi connectivity index (χ1) is 13.3. The second-order valence-corrected chi connectivity index (χ2v) is 7.03. The third kappa shape index (κ3) is 4.63. The molecule has 0 spiro atoms. The first-order valence-corrected chi connectivity index (χ1v) is 9.22. The van der Waals surface area contributed by atoms with Crippen LogP contribution in [0, 0.1) is 6.92 Å². The van der Waals surface area contributed by atoms with Crippen LogP contribution in [0.1, 0.15) is 44.0 Å². The molecule has 3 N–H and O–H groups in total. The van der Waals surface area contributed by atoms with Gasteiger partial charge in [-0.2, -0.15) is 9.78 Å². The highest BCUT2D eigenvalue weighted by atomic mass is 16.5. The van der Waals surface area contributed by atoms with Crippen LogP contribution in [0.4, 0.5) is 5.82 Å². The van der Waals surface area contributed by atoms with Crippen molar-refractivity contribution in [2.75, 3.05) is 18.5 Å². The Balaban J connectivity index is 1.76. The van der Waals surface area contributed by atoms with Gasteiger partial charge in [-0.1, -0.05) is 13.8 Å². The fraction of sp³-hybridized carbons (Fsp3) is 0.500. The number of anilines is 1. The van der Waals surface area contributed by atoms with E-state index in [0.717, 1.165) is 12.8 Å². The van der Waals surface area contributed by atoms with Crippen LogP contribution in [0.15, 0.2) is 16.9 Å². The molecule has 28 heavy (non-hydrogen) atoms. The molecule has 2 aromatic rings. The lowest BCUT2D eigenvalue weighted by molar-refractivity contribution is -0.136. The number of nitrogens with one attached hydrogen (secondary N) is 3. The lowest BCUT2D eigenvalue weighted by Crippen LogP contribution is -2.39. The molecule has 10 nitrogen and oxygen atoms in total. The summed E-state index contributed by atoms with van der Waals surface area (Å²) in [7, 11) is 0. The van der Waals surface area contributed by atoms with Crippen LogP contribution in [0.2, 0.25) is 0 Å². The molecule has 3 rings (SSSR count). The second-order valence-electron chi connectivity index (χ2n) is 7.03. The molecule has 150 valence electrons. The molecule has 1 aliphatic heterocycles. The van der Waals surface area contributed by atoms with Gasteiger partial charge in [0, 0.05) is 25.3 Å². The number of hydrogen-bond acceptors (Lipinski definition) is 6. The number of amides is 2. The molecule has 0 bridgehead atoms. The minimum atomic E-state index is -0.832. The first-order valence-electron chi connectivity index (χ1n) is 9.22. The van der Waals surface area contributed by atoms with E-state index < -0.39 is 11.8 Å². The summed E-state index contributed by atoms with van der Waals surface area (Å²) in [5.74, 6) is -1.16. The van der Waals surface area contributed by atoms with Crippen molar-refractivity contribution in [2.45, 2.75) is 45.6 Å². The predicted molar refractivity (Wildman–Crippen MR) is 101 cm³/mol. The summed E-state index contributed by atoms with van der Waals surface area (Å²) in [6.07, 6.45) is 1.75. The number of aromatic nitrogens is 4. The number of rotatable bonds is 5. The van der Waals surface area contributed by atoms with Crippen molar-refractivity contribution in [1.82, 2.24) is 25.1 Å². The van der Waals surface area contributed by atoms with Crippen molar-refractivity contribution in [3.8, 4) is 5.95 Å². The third-order valence-corrected chi connectivity index (χ3v) is 4.33. The van der Waals surface area contributed by atoms with E-state index in [0.29, 0.717) is 18.0 Å². The van der Waals surface area contributed by atoms with Gasteiger partial charge < -0.3 is 15.4 Å².